The molecule has 0 spiro atoms. The van der Waals surface area contributed by atoms with E-state index in [0.29, 0.717) is 30.4 Å². The van der Waals surface area contributed by atoms with Crippen LogP contribution in [0.1, 0.15) is 12.8 Å². The number of nitrogens with zero attached hydrogens (tertiary/aromatic N) is 3. The molecule has 2 fully saturated rings. The zero-order chi connectivity index (χ0) is 19.5. The van der Waals surface area contributed by atoms with Gasteiger partial charge in [0.05, 0.1) is 21.6 Å². The van der Waals surface area contributed by atoms with Gasteiger partial charge in [0.15, 0.2) is 16.8 Å². The summed E-state index contributed by atoms with van der Waals surface area (Å²) >= 11 is 9.10. The fraction of sp³-hybridized carbons (Fsp3) is 0.467. The number of rotatable bonds is 2. The molecular formula is C15H12BrClF3N3O4. The Morgan fingerprint density at radius 3 is 2.56 bits per heavy atom. The van der Waals surface area contributed by atoms with Gasteiger partial charge in [0.2, 0.25) is 0 Å². The normalized spacial score (nSPS) is 22.6. The van der Waals surface area contributed by atoms with Crippen LogP contribution in [-0.2, 0) is 0 Å². The molecule has 7 nitrogen and oxygen atoms in total. The second kappa shape index (κ2) is 6.33. The smallest absolute Gasteiger partial charge is 0.465 e. The lowest BCUT2D eigenvalue weighted by Gasteiger charge is -2.38. The van der Waals surface area contributed by atoms with Crippen LogP contribution in [0.2, 0.25) is 5.02 Å². The molecule has 3 heterocycles. The molecule has 1 aromatic carbocycles. The van der Waals surface area contributed by atoms with Crippen molar-refractivity contribution in [3.8, 4) is 5.75 Å². The molecule has 2 saturated heterocycles. The highest BCUT2D eigenvalue weighted by Crippen LogP contribution is 2.43. The Morgan fingerprint density at radius 2 is 2.00 bits per heavy atom. The average molecular weight is 471 g/mol. The molecule has 2 atom stereocenters. The van der Waals surface area contributed by atoms with Gasteiger partial charge in [0, 0.05) is 13.1 Å². The van der Waals surface area contributed by atoms with E-state index in [0.717, 1.165) is 0 Å². The number of benzene rings is 1. The largest absolute Gasteiger partial charge is 0.573 e. The zero-order valence-corrected chi connectivity index (χ0v) is 15.8. The predicted molar refractivity (Wildman–Crippen MR) is 92.3 cm³/mol. The van der Waals surface area contributed by atoms with Gasteiger partial charge in [-0.1, -0.05) is 11.6 Å². The van der Waals surface area contributed by atoms with Crippen LogP contribution in [0.25, 0.3) is 11.1 Å². The average Bonchev–Trinajstić information content (AvgIpc) is 3.11. The van der Waals surface area contributed by atoms with E-state index in [4.69, 9.17) is 16.0 Å². The zero-order valence-electron chi connectivity index (χ0n) is 13.5. The number of amides is 1. The van der Waals surface area contributed by atoms with E-state index in [2.05, 4.69) is 25.7 Å². The first-order valence-corrected chi connectivity index (χ1v) is 9.11. The number of ether oxygens (including phenoxy) is 1. The third-order valence-electron chi connectivity index (χ3n) is 4.71. The number of fused-ring (bicyclic) bond motifs is 3. The molecule has 1 amide bonds. The number of aromatic nitrogens is 1. The molecule has 0 aliphatic carbocycles. The van der Waals surface area contributed by atoms with Crippen LogP contribution in [-0.4, -0.2) is 52.6 Å². The van der Waals surface area contributed by atoms with Crippen LogP contribution in [0.15, 0.2) is 15.0 Å². The van der Waals surface area contributed by atoms with Crippen molar-refractivity contribution in [2.75, 3.05) is 18.0 Å². The first-order valence-electron chi connectivity index (χ1n) is 7.94. The summed E-state index contributed by atoms with van der Waals surface area (Å²) in [7, 11) is 0. The lowest BCUT2D eigenvalue weighted by atomic mass is 10.2. The maximum Gasteiger partial charge on any atom is 0.573 e. The van der Waals surface area contributed by atoms with Crippen LogP contribution in [0.5, 0.6) is 5.75 Å². The van der Waals surface area contributed by atoms with Gasteiger partial charge in [-0.25, -0.2) is 4.79 Å². The quantitative estimate of drug-likeness (QED) is 0.698. The number of alkyl halides is 3. The second-order valence-corrected chi connectivity index (χ2v) is 7.63. The number of oxazole rings is 1. The van der Waals surface area contributed by atoms with Crippen molar-refractivity contribution in [2.45, 2.75) is 31.3 Å². The fourth-order valence-electron chi connectivity index (χ4n) is 3.70. The summed E-state index contributed by atoms with van der Waals surface area (Å²) in [6.45, 7) is 0.687. The van der Waals surface area contributed by atoms with Gasteiger partial charge in [0.1, 0.15) is 0 Å². The molecule has 2 aliphatic heterocycles. The van der Waals surface area contributed by atoms with Crippen molar-refractivity contribution < 1.29 is 32.2 Å². The Labute approximate surface area is 163 Å². The number of hydrogen-bond acceptors (Lipinski definition) is 5. The molecule has 2 unspecified atom stereocenters. The Morgan fingerprint density at radius 1 is 1.37 bits per heavy atom. The summed E-state index contributed by atoms with van der Waals surface area (Å²) in [6.07, 6.45) is -4.48. The van der Waals surface area contributed by atoms with Crippen molar-refractivity contribution in [2.24, 2.45) is 0 Å². The van der Waals surface area contributed by atoms with Crippen LogP contribution < -0.4 is 9.64 Å². The van der Waals surface area contributed by atoms with E-state index in [1.54, 1.807) is 4.90 Å². The summed E-state index contributed by atoms with van der Waals surface area (Å²) in [5.74, 6) is -0.635. The molecule has 12 heteroatoms. The minimum Gasteiger partial charge on any atom is -0.465 e. The van der Waals surface area contributed by atoms with E-state index in [1.165, 1.54) is 11.0 Å². The molecule has 1 N–H and O–H groups in total. The number of carbonyl (C=O) groups is 1. The van der Waals surface area contributed by atoms with Crippen molar-refractivity contribution in [3.63, 3.8) is 0 Å². The first-order chi connectivity index (χ1) is 12.6. The number of hydrogen-bond donors (Lipinski definition) is 1. The maximum atomic E-state index is 12.7. The van der Waals surface area contributed by atoms with Gasteiger partial charge in [-0.3, -0.25) is 4.90 Å². The molecule has 2 bridgehead atoms. The monoisotopic (exact) mass is 469 g/mol. The van der Waals surface area contributed by atoms with Gasteiger partial charge in [-0.15, -0.1) is 13.2 Å². The topological polar surface area (TPSA) is 79.0 Å². The molecule has 2 aromatic rings. The fourth-order valence-corrected chi connectivity index (χ4v) is 4.57. The molecule has 1 aromatic heterocycles. The van der Waals surface area contributed by atoms with E-state index in [9.17, 15) is 23.1 Å². The van der Waals surface area contributed by atoms with Crippen LogP contribution in [0.3, 0.4) is 0 Å². The maximum absolute atomic E-state index is 12.7. The van der Waals surface area contributed by atoms with Crippen molar-refractivity contribution in [3.05, 3.63) is 15.6 Å². The summed E-state index contributed by atoms with van der Waals surface area (Å²) in [6, 6.07) is 0.914. The van der Waals surface area contributed by atoms with Gasteiger partial charge in [-0.2, -0.15) is 4.98 Å². The van der Waals surface area contributed by atoms with E-state index in [1.807, 2.05) is 0 Å². The molecule has 27 heavy (non-hydrogen) atoms. The van der Waals surface area contributed by atoms with Crippen LogP contribution in [0.4, 0.5) is 24.0 Å². The second-order valence-electron chi connectivity index (χ2n) is 6.37. The van der Waals surface area contributed by atoms with Crippen molar-refractivity contribution in [1.82, 2.24) is 9.88 Å². The number of halogens is 5. The third kappa shape index (κ3) is 3.27. The Bertz CT molecular complexity index is 908. The van der Waals surface area contributed by atoms with Crippen molar-refractivity contribution >= 4 is 50.7 Å². The molecular weight excluding hydrogens is 459 g/mol. The number of piperazine rings is 1. The molecule has 0 saturated carbocycles. The highest BCUT2D eigenvalue weighted by atomic mass is 79.9. The molecule has 2 aliphatic rings. The predicted octanol–water partition coefficient (Wildman–Crippen LogP) is 4.47. The lowest BCUT2D eigenvalue weighted by Crippen LogP contribution is -2.55. The highest BCUT2D eigenvalue weighted by Gasteiger charge is 2.44. The van der Waals surface area contributed by atoms with E-state index < -0.39 is 18.2 Å². The highest BCUT2D eigenvalue weighted by molar-refractivity contribution is 9.10. The van der Waals surface area contributed by atoms with Crippen LogP contribution >= 0.6 is 27.5 Å². The lowest BCUT2D eigenvalue weighted by molar-refractivity contribution is -0.274. The Balaban J connectivity index is 1.71. The molecule has 4 rings (SSSR count). The molecule has 0 radical (unpaired) electrons. The van der Waals surface area contributed by atoms with Gasteiger partial charge >= 0.3 is 12.5 Å². The summed E-state index contributed by atoms with van der Waals surface area (Å²) in [5.41, 5.74) is -0.0867. The Hall–Kier alpha value is -1.88. The summed E-state index contributed by atoms with van der Waals surface area (Å²) in [4.78, 5) is 18.7. The van der Waals surface area contributed by atoms with Gasteiger partial charge in [0.25, 0.3) is 6.01 Å². The third-order valence-corrected chi connectivity index (χ3v) is 5.58. The summed E-state index contributed by atoms with van der Waals surface area (Å²) in [5, 5.41) is 9.06. The molecule has 146 valence electrons. The van der Waals surface area contributed by atoms with Gasteiger partial charge < -0.3 is 19.2 Å². The minimum atomic E-state index is -4.93. The first kappa shape index (κ1) is 18.5. The van der Waals surface area contributed by atoms with Gasteiger partial charge in [-0.05, 0) is 34.8 Å². The van der Waals surface area contributed by atoms with Crippen LogP contribution in [0, 0.1) is 0 Å². The van der Waals surface area contributed by atoms with E-state index in [-0.39, 0.29) is 34.2 Å². The van der Waals surface area contributed by atoms with E-state index >= 15 is 0 Å². The standard InChI is InChI=1S/C15H12BrClF3N3O4/c16-8-3-9(17)12(27-15(18,19)20)10-11(8)26-13(21-10)22-4-6-1-2-7(5-22)23(6)14(24)25/h3,6-7H,1-2,4-5H2,(H,24,25). The number of carboxylic acid groups (broad SMARTS) is 1. The minimum absolute atomic E-state index is 0.0710. The SMILES string of the molecule is O=C(O)N1C2CCC1CN(c1nc3c(OC(F)(F)F)c(Cl)cc(Br)c3o1)C2. The Kier molecular flexibility index (Phi) is 4.34. The summed E-state index contributed by atoms with van der Waals surface area (Å²) < 4.78 is 48.2. The van der Waals surface area contributed by atoms with Crippen molar-refractivity contribution in [1.29, 1.82) is 0 Å². The number of anilines is 1.